The number of carbonyl (C=O) groups is 2. The largest absolute Gasteiger partial charge is 0.357 e. The Morgan fingerprint density at radius 2 is 1.72 bits per heavy atom. The van der Waals surface area contributed by atoms with Crippen molar-refractivity contribution in [2.45, 2.75) is 18.0 Å². The van der Waals surface area contributed by atoms with Gasteiger partial charge in [-0.3, -0.25) is 9.59 Å². The molecule has 4 heterocycles. The van der Waals surface area contributed by atoms with Crippen molar-refractivity contribution in [2.24, 2.45) is 11.8 Å². The molecule has 4 atom stereocenters. The van der Waals surface area contributed by atoms with E-state index in [1.54, 1.807) is 24.3 Å². The highest BCUT2D eigenvalue weighted by Crippen LogP contribution is 2.55. The van der Waals surface area contributed by atoms with Crippen molar-refractivity contribution in [3.63, 3.8) is 0 Å². The molecule has 0 N–H and O–H groups in total. The summed E-state index contributed by atoms with van der Waals surface area (Å²) in [5, 5.41) is 0.712. The first kappa shape index (κ1) is 15.8. The Morgan fingerprint density at radius 1 is 1.04 bits per heavy atom. The van der Waals surface area contributed by atoms with Crippen LogP contribution >= 0.6 is 23.2 Å². The Labute approximate surface area is 153 Å². The maximum Gasteiger partial charge on any atom is 0.241 e. The van der Waals surface area contributed by atoms with Crippen LogP contribution in [0.1, 0.15) is 0 Å². The molecule has 130 valence electrons. The van der Waals surface area contributed by atoms with E-state index in [9.17, 15) is 9.59 Å². The van der Waals surface area contributed by atoms with Gasteiger partial charge in [-0.25, -0.2) is 4.90 Å². The molecule has 1 aromatic rings. The smallest absolute Gasteiger partial charge is 0.241 e. The first-order valence-corrected chi connectivity index (χ1v) is 8.71. The third-order valence-corrected chi connectivity index (χ3v) is 5.61. The zero-order valence-corrected chi connectivity index (χ0v) is 14.4. The second-order valence-electron chi connectivity index (χ2n) is 6.51. The Bertz CT molecular complexity index is 801. The standard InChI is InChI=1S/C17H13Cl2NO5/c18-8-5-9(19)7-10(6-8)20-14(21)12-11-1-2-17(25-11,13(12)15(20)22)16-23-3-4-24-16/h1-2,5-7,11-13,16H,3-4H2/t11-,12+,13+,17-/m1/s1. The number of nitrogens with zero attached hydrogens (tertiary/aromatic N) is 1. The summed E-state index contributed by atoms with van der Waals surface area (Å²) < 4.78 is 17.2. The molecule has 0 radical (unpaired) electrons. The summed E-state index contributed by atoms with van der Waals surface area (Å²) in [6.45, 7) is 0.864. The van der Waals surface area contributed by atoms with Crippen LogP contribution in [0.3, 0.4) is 0 Å². The van der Waals surface area contributed by atoms with Crippen molar-refractivity contribution >= 4 is 40.7 Å². The number of carbonyl (C=O) groups excluding carboxylic acids is 2. The van der Waals surface area contributed by atoms with E-state index in [1.165, 1.54) is 0 Å². The van der Waals surface area contributed by atoms with Crippen molar-refractivity contribution in [3.8, 4) is 0 Å². The maximum atomic E-state index is 13.2. The highest BCUT2D eigenvalue weighted by Gasteiger charge is 2.71. The van der Waals surface area contributed by atoms with Crippen molar-refractivity contribution in [2.75, 3.05) is 18.1 Å². The lowest BCUT2D eigenvalue weighted by Crippen LogP contribution is -2.49. The first-order valence-electron chi connectivity index (χ1n) is 7.95. The normalized spacial score (nSPS) is 36.7. The molecule has 6 nitrogen and oxygen atoms in total. The van der Waals surface area contributed by atoms with E-state index < -0.39 is 29.8 Å². The summed E-state index contributed by atoms with van der Waals surface area (Å²) in [4.78, 5) is 27.3. The fraction of sp³-hybridized carbons (Fsp3) is 0.412. The Hall–Kier alpha value is -1.44. The van der Waals surface area contributed by atoms with E-state index in [1.807, 2.05) is 6.08 Å². The lowest BCUT2D eigenvalue weighted by molar-refractivity contribution is -0.180. The zero-order valence-electron chi connectivity index (χ0n) is 12.9. The van der Waals surface area contributed by atoms with Crippen LogP contribution in [0.2, 0.25) is 10.0 Å². The van der Waals surface area contributed by atoms with Gasteiger partial charge < -0.3 is 14.2 Å². The molecule has 4 aliphatic rings. The molecule has 5 rings (SSSR count). The van der Waals surface area contributed by atoms with Crippen molar-refractivity contribution < 1.29 is 23.8 Å². The van der Waals surface area contributed by atoms with Crippen molar-refractivity contribution in [1.82, 2.24) is 0 Å². The summed E-state index contributed by atoms with van der Waals surface area (Å²) in [6.07, 6.45) is 2.46. The monoisotopic (exact) mass is 381 g/mol. The molecule has 3 saturated heterocycles. The van der Waals surface area contributed by atoms with Crippen LogP contribution in [0.4, 0.5) is 5.69 Å². The molecule has 0 unspecified atom stereocenters. The van der Waals surface area contributed by atoms with Gasteiger partial charge in [0.25, 0.3) is 0 Å². The van der Waals surface area contributed by atoms with E-state index >= 15 is 0 Å². The van der Waals surface area contributed by atoms with Crippen LogP contribution < -0.4 is 4.90 Å². The quantitative estimate of drug-likeness (QED) is 0.580. The molecule has 8 heteroatoms. The Morgan fingerprint density at radius 3 is 2.40 bits per heavy atom. The van der Waals surface area contributed by atoms with Gasteiger partial charge in [0.1, 0.15) is 0 Å². The van der Waals surface area contributed by atoms with Crippen LogP contribution in [0.5, 0.6) is 0 Å². The molecular formula is C17H13Cl2NO5. The minimum Gasteiger partial charge on any atom is -0.357 e. The number of anilines is 1. The van der Waals surface area contributed by atoms with Gasteiger partial charge in [-0.1, -0.05) is 29.3 Å². The lowest BCUT2D eigenvalue weighted by atomic mass is 9.76. The summed E-state index contributed by atoms with van der Waals surface area (Å²) in [6, 6.07) is 4.65. The minimum atomic E-state index is -1.06. The Balaban J connectivity index is 1.57. The van der Waals surface area contributed by atoms with Crippen LogP contribution in [0.25, 0.3) is 0 Å². The van der Waals surface area contributed by atoms with E-state index in [4.69, 9.17) is 37.4 Å². The SMILES string of the molecule is O=C1[C@@H]2[C@@H](C(=O)N1c1cc(Cl)cc(Cl)c1)[C@@]1(C3OCCO3)C=C[C@H]2O1. The third kappa shape index (κ3) is 2.03. The second kappa shape index (κ2) is 5.28. The average Bonchev–Trinajstić information content (AvgIpc) is 3.30. The number of imide groups is 1. The van der Waals surface area contributed by atoms with Gasteiger partial charge in [-0.15, -0.1) is 0 Å². The number of rotatable bonds is 2. The van der Waals surface area contributed by atoms with Crippen LogP contribution in [-0.2, 0) is 23.8 Å². The Kier molecular flexibility index (Phi) is 3.34. The summed E-state index contributed by atoms with van der Waals surface area (Å²) >= 11 is 12.1. The second-order valence-corrected chi connectivity index (χ2v) is 7.38. The number of benzene rings is 1. The molecular weight excluding hydrogens is 369 g/mol. The summed E-state index contributed by atoms with van der Waals surface area (Å²) in [7, 11) is 0. The minimum absolute atomic E-state index is 0.317. The van der Waals surface area contributed by atoms with E-state index in [2.05, 4.69) is 0 Å². The number of ether oxygens (including phenoxy) is 3. The van der Waals surface area contributed by atoms with Crippen LogP contribution in [0, 0.1) is 11.8 Å². The van der Waals surface area contributed by atoms with E-state index in [0.29, 0.717) is 28.9 Å². The summed E-state index contributed by atoms with van der Waals surface area (Å²) in [5.41, 5.74) is -0.694. The van der Waals surface area contributed by atoms with Gasteiger partial charge in [0, 0.05) is 10.0 Å². The molecule has 0 aliphatic carbocycles. The molecule has 2 bridgehead atoms. The molecule has 0 aromatic heterocycles. The third-order valence-electron chi connectivity index (χ3n) is 5.17. The average molecular weight is 382 g/mol. The molecule has 4 aliphatic heterocycles. The maximum absolute atomic E-state index is 13.2. The van der Waals surface area contributed by atoms with Crippen molar-refractivity contribution in [3.05, 3.63) is 40.4 Å². The van der Waals surface area contributed by atoms with Crippen molar-refractivity contribution in [1.29, 1.82) is 0 Å². The number of halogens is 2. The number of fused-ring (bicyclic) bond motifs is 5. The number of hydrogen-bond acceptors (Lipinski definition) is 5. The number of amides is 2. The summed E-state index contributed by atoms with van der Waals surface area (Å²) in [5.74, 6) is -1.94. The topological polar surface area (TPSA) is 65.1 Å². The van der Waals surface area contributed by atoms with Gasteiger partial charge in [-0.05, 0) is 24.3 Å². The zero-order chi connectivity index (χ0) is 17.3. The van der Waals surface area contributed by atoms with Crippen LogP contribution in [-0.4, -0.2) is 43.0 Å². The van der Waals surface area contributed by atoms with Gasteiger partial charge in [0.15, 0.2) is 11.9 Å². The molecule has 25 heavy (non-hydrogen) atoms. The fourth-order valence-electron chi connectivity index (χ4n) is 4.25. The molecule has 3 fully saturated rings. The van der Waals surface area contributed by atoms with Gasteiger partial charge in [-0.2, -0.15) is 0 Å². The molecule has 0 saturated carbocycles. The predicted molar refractivity (Wildman–Crippen MR) is 88.4 cm³/mol. The van der Waals surface area contributed by atoms with Gasteiger partial charge >= 0.3 is 0 Å². The highest BCUT2D eigenvalue weighted by molar-refractivity contribution is 6.35. The van der Waals surface area contributed by atoms with Gasteiger partial charge in [0.2, 0.25) is 11.8 Å². The molecule has 2 amide bonds. The molecule has 0 spiro atoms. The molecule has 1 aromatic carbocycles. The first-order chi connectivity index (χ1) is 12.0. The predicted octanol–water partition coefficient (Wildman–Crippen LogP) is 2.18. The van der Waals surface area contributed by atoms with Crippen LogP contribution in [0.15, 0.2) is 30.4 Å². The van der Waals surface area contributed by atoms with Gasteiger partial charge in [0.05, 0.1) is 36.8 Å². The number of hydrogen-bond donors (Lipinski definition) is 0. The highest BCUT2D eigenvalue weighted by atomic mass is 35.5. The lowest BCUT2D eigenvalue weighted by Gasteiger charge is -2.32. The fourth-order valence-corrected chi connectivity index (χ4v) is 4.76. The van der Waals surface area contributed by atoms with E-state index in [0.717, 1.165) is 4.90 Å². The van der Waals surface area contributed by atoms with E-state index in [-0.39, 0.29) is 11.8 Å².